The minimum absolute atomic E-state index is 0.0110. The molecule has 36 heavy (non-hydrogen) atoms. The van der Waals surface area contributed by atoms with Crippen molar-refractivity contribution in [1.82, 2.24) is 5.32 Å². The second-order valence-corrected chi connectivity index (χ2v) is 8.69. The molecule has 1 heterocycles. The molecule has 1 aliphatic rings. The van der Waals surface area contributed by atoms with Crippen LogP contribution in [0.4, 0.5) is 5.69 Å². The van der Waals surface area contributed by atoms with Crippen molar-refractivity contribution in [2.24, 2.45) is 0 Å². The summed E-state index contributed by atoms with van der Waals surface area (Å²) in [5.74, 6) is 0.325. The Bertz CT molecular complexity index is 1480. The van der Waals surface area contributed by atoms with Crippen LogP contribution in [-0.2, 0) is 9.59 Å². The monoisotopic (exact) mass is 490 g/mol. The number of rotatable bonds is 5. The summed E-state index contributed by atoms with van der Waals surface area (Å²) in [7, 11) is 0. The van der Waals surface area contributed by atoms with Crippen molar-refractivity contribution < 1.29 is 14.3 Å². The summed E-state index contributed by atoms with van der Waals surface area (Å²) in [4.78, 5) is 27.3. The molecule has 0 unspecified atom stereocenters. The minimum atomic E-state index is -0.520. The van der Waals surface area contributed by atoms with Crippen molar-refractivity contribution in [3.05, 3.63) is 120 Å². The molecule has 2 amide bonds. The Kier molecular flexibility index (Phi) is 6.43. The van der Waals surface area contributed by atoms with E-state index in [1.807, 2.05) is 66.7 Å². The van der Waals surface area contributed by atoms with E-state index in [2.05, 4.69) is 24.4 Å². The molecule has 4 aromatic carbocycles. The Morgan fingerprint density at radius 2 is 1.42 bits per heavy atom. The average molecular weight is 491 g/mol. The Hall–Kier alpha value is -4.55. The van der Waals surface area contributed by atoms with Crippen LogP contribution in [-0.4, -0.2) is 16.9 Å². The first-order valence-electron chi connectivity index (χ1n) is 11.4. The zero-order chi connectivity index (χ0) is 25.1. The van der Waals surface area contributed by atoms with E-state index in [4.69, 9.17) is 17.0 Å². The molecule has 5 nitrogen and oxygen atoms in total. The minimum Gasteiger partial charge on any atom is -0.457 e. The lowest BCUT2D eigenvalue weighted by Crippen LogP contribution is -2.54. The molecule has 0 bridgehead atoms. The van der Waals surface area contributed by atoms with E-state index in [-0.39, 0.29) is 10.7 Å². The number of amides is 2. The summed E-state index contributed by atoms with van der Waals surface area (Å²) in [5, 5.41) is 2.66. The molecule has 1 N–H and O–H groups in total. The average Bonchev–Trinajstić information content (AvgIpc) is 2.89. The van der Waals surface area contributed by atoms with E-state index >= 15 is 0 Å². The maximum atomic E-state index is 13.3. The van der Waals surface area contributed by atoms with Crippen LogP contribution in [0.5, 0.6) is 11.5 Å². The normalized spacial score (nSPS) is 14.6. The lowest BCUT2D eigenvalue weighted by molar-refractivity contribution is -0.122. The number of nitrogens with zero attached hydrogens (tertiary/aromatic N) is 1. The molecular formula is C30H22N2O3S. The number of thiocarbonyl (C=S) groups is 1. The molecule has 0 saturated carbocycles. The number of anilines is 1. The van der Waals surface area contributed by atoms with Gasteiger partial charge in [-0.05, 0) is 83.9 Å². The van der Waals surface area contributed by atoms with E-state index in [0.29, 0.717) is 17.2 Å². The van der Waals surface area contributed by atoms with Gasteiger partial charge in [0.1, 0.15) is 17.1 Å². The van der Waals surface area contributed by atoms with Crippen LogP contribution in [0.15, 0.2) is 109 Å². The van der Waals surface area contributed by atoms with Gasteiger partial charge < -0.3 is 4.74 Å². The zero-order valence-corrected chi connectivity index (χ0v) is 20.3. The van der Waals surface area contributed by atoms with Crippen LogP contribution in [0.3, 0.4) is 0 Å². The highest BCUT2D eigenvalue weighted by Gasteiger charge is 2.34. The first-order chi connectivity index (χ1) is 17.5. The first-order valence-corrected chi connectivity index (χ1v) is 11.8. The van der Waals surface area contributed by atoms with Gasteiger partial charge in [-0.2, -0.15) is 0 Å². The third-order valence-electron chi connectivity index (χ3n) is 5.85. The number of aryl methyl sites for hydroxylation is 1. The molecule has 5 rings (SSSR count). The van der Waals surface area contributed by atoms with Crippen molar-refractivity contribution in [1.29, 1.82) is 0 Å². The van der Waals surface area contributed by atoms with Crippen LogP contribution < -0.4 is 15.0 Å². The van der Waals surface area contributed by atoms with Gasteiger partial charge >= 0.3 is 0 Å². The van der Waals surface area contributed by atoms with Gasteiger partial charge in [-0.15, -0.1) is 0 Å². The van der Waals surface area contributed by atoms with Crippen molar-refractivity contribution in [2.45, 2.75) is 6.92 Å². The van der Waals surface area contributed by atoms with Crippen LogP contribution in [0.1, 0.15) is 11.1 Å². The predicted octanol–water partition coefficient (Wildman–Crippen LogP) is 6.29. The Morgan fingerprint density at radius 1 is 0.778 bits per heavy atom. The molecule has 4 aromatic rings. The van der Waals surface area contributed by atoms with E-state index < -0.39 is 11.8 Å². The van der Waals surface area contributed by atoms with Gasteiger partial charge in [-0.1, -0.05) is 66.7 Å². The van der Waals surface area contributed by atoms with Crippen LogP contribution in [0, 0.1) is 6.92 Å². The van der Waals surface area contributed by atoms with Gasteiger partial charge in [0.05, 0.1) is 5.69 Å². The fourth-order valence-electron chi connectivity index (χ4n) is 4.00. The number of hydrogen-bond acceptors (Lipinski definition) is 4. The zero-order valence-electron chi connectivity index (χ0n) is 19.5. The molecule has 0 spiro atoms. The SMILES string of the molecule is Cc1ccccc1-c1ccc(C=C2C(=O)NC(=S)N(c3ccc(Oc4ccccc4)cc3)C2=O)cc1. The molecular weight excluding hydrogens is 468 g/mol. The van der Waals surface area contributed by atoms with E-state index in [1.54, 1.807) is 30.3 Å². The second-order valence-electron chi connectivity index (χ2n) is 8.30. The van der Waals surface area contributed by atoms with Gasteiger partial charge in [0.2, 0.25) is 0 Å². The maximum absolute atomic E-state index is 13.3. The fraction of sp³-hybridized carbons (Fsp3) is 0.0333. The summed E-state index contributed by atoms with van der Waals surface area (Å²) >= 11 is 5.32. The van der Waals surface area contributed by atoms with Gasteiger partial charge in [0.25, 0.3) is 11.8 Å². The molecule has 0 aromatic heterocycles. The van der Waals surface area contributed by atoms with Crippen LogP contribution in [0.2, 0.25) is 0 Å². The van der Waals surface area contributed by atoms with Gasteiger partial charge in [0.15, 0.2) is 5.11 Å². The molecule has 1 saturated heterocycles. The summed E-state index contributed by atoms with van der Waals surface area (Å²) in [6.07, 6.45) is 1.58. The van der Waals surface area contributed by atoms with E-state index in [9.17, 15) is 9.59 Å². The fourth-order valence-corrected chi connectivity index (χ4v) is 4.28. The first kappa shape index (κ1) is 23.2. The van der Waals surface area contributed by atoms with E-state index in [0.717, 1.165) is 16.7 Å². The Morgan fingerprint density at radius 3 is 2.11 bits per heavy atom. The lowest BCUT2D eigenvalue weighted by atomic mass is 9.99. The highest BCUT2D eigenvalue weighted by Crippen LogP contribution is 2.28. The van der Waals surface area contributed by atoms with Gasteiger partial charge in [-0.3, -0.25) is 19.8 Å². The predicted molar refractivity (Wildman–Crippen MR) is 146 cm³/mol. The van der Waals surface area contributed by atoms with Crippen LogP contribution >= 0.6 is 12.2 Å². The summed E-state index contributed by atoms with van der Waals surface area (Å²) in [5.41, 5.74) is 4.66. The Balaban J connectivity index is 1.38. The maximum Gasteiger partial charge on any atom is 0.270 e. The molecule has 1 aliphatic heterocycles. The number of para-hydroxylation sites is 1. The quantitative estimate of drug-likeness (QED) is 0.203. The molecule has 176 valence electrons. The molecule has 6 heteroatoms. The third-order valence-corrected chi connectivity index (χ3v) is 6.14. The van der Waals surface area contributed by atoms with Crippen molar-refractivity contribution in [2.75, 3.05) is 4.90 Å². The third kappa shape index (κ3) is 4.80. The van der Waals surface area contributed by atoms with Crippen molar-refractivity contribution in [3.8, 4) is 22.6 Å². The molecule has 1 fully saturated rings. The lowest BCUT2D eigenvalue weighted by Gasteiger charge is -2.29. The van der Waals surface area contributed by atoms with Gasteiger partial charge in [-0.25, -0.2) is 0 Å². The largest absolute Gasteiger partial charge is 0.457 e. The standard InChI is InChI=1S/C30H22N2O3S/c1-20-7-5-6-10-26(20)22-13-11-21(12-14-22)19-27-28(33)31-30(36)32(29(27)34)23-15-17-25(18-16-23)35-24-8-3-2-4-9-24/h2-19H,1H3,(H,31,33,36). The molecule has 0 radical (unpaired) electrons. The molecule has 0 aliphatic carbocycles. The summed E-state index contributed by atoms with van der Waals surface area (Å²) < 4.78 is 5.82. The number of carbonyl (C=O) groups excluding carboxylic acids is 2. The highest BCUT2D eigenvalue weighted by atomic mass is 32.1. The van der Waals surface area contributed by atoms with Crippen molar-refractivity contribution >= 4 is 40.9 Å². The number of hydrogen-bond donors (Lipinski definition) is 1. The smallest absolute Gasteiger partial charge is 0.270 e. The second kappa shape index (κ2) is 9.98. The number of nitrogens with one attached hydrogen (secondary N) is 1. The van der Waals surface area contributed by atoms with Crippen LogP contribution in [0.25, 0.3) is 17.2 Å². The molecule has 0 atom stereocenters. The number of benzene rings is 4. The number of ether oxygens (including phenoxy) is 1. The highest BCUT2D eigenvalue weighted by molar-refractivity contribution is 7.80. The summed E-state index contributed by atoms with van der Waals surface area (Å²) in [6, 6.07) is 32.3. The van der Waals surface area contributed by atoms with E-state index in [1.165, 1.54) is 10.5 Å². The Labute approximate surface area is 214 Å². The van der Waals surface area contributed by atoms with Crippen molar-refractivity contribution in [3.63, 3.8) is 0 Å². The topological polar surface area (TPSA) is 58.6 Å². The van der Waals surface area contributed by atoms with Gasteiger partial charge in [0, 0.05) is 0 Å². The summed E-state index contributed by atoms with van der Waals surface area (Å²) in [6.45, 7) is 2.06. The number of carbonyl (C=O) groups is 2.